The van der Waals surface area contributed by atoms with Gasteiger partial charge in [0, 0.05) is 7.11 Å². The molecule has 2 aromatic rings. The standard InChI is InChI=1S/C17H19N3O3/c1-22-17(9-5-6-10-17)15(21)20-16-18-11-14(12-19-16)23-13-7-3-2-4-8-13/h2-4,7-8,11-12H,5-6,9-10H2,1H3,(H,18,19,20,21). The fraction of sp³-hybridized carbons (Fsp3) is 0.353. The fourth-order valence-corrected chi connectivity index (χ4v) is 2.74. The van der Waals surface area contributed by atoms with Crippen molar-refractivity contribution in [2.24, 2.45) is 0 Å². The maximum atomic E-state index is 12.4. The van der Waals surface area contributed by atoms with Gasteiger partial charge in [-0.25, -0.2) is 9.97 Å². The van der Waals surface area contributed by atoms with E-state index in [1.807, 2.05) is 30.3 Å². The number of para-hydroxylation sites is 1. The van der Waals surface area contributed by atoms with Crippen molar-refractivity contribution in [1.82, 2.24) is 9.97 Å². The highest BCUT2D eigenvalue weighted by Gasteiger charge is 2.41. The molecule has 1 N–H and O–H groups in total. The number of ether oxygens (including phenoxy) is 2. The molecule has 0 atom stereocenters. The molecule has 0 aliphatic heterocycles. The van der Waals surface area contributed by atoms with Crippen molar-refractivity contribution in [1.29, 1.82) is 0 Å². The minimum absolute atomic E-state index is 0.186. The number of methoxy groups -OCH3 is 1. The van der Waals surface area contributed by atoms with E-state index >= 15 is 0 Å². The van der Waals surface area contributed by atoms with Gasteiger partial charge in [0.25, 0.3) is 5.91 Å². The van der Waals surface area contributed by atoms with Crippen LogP contribution in [0.1, 0.15) is 25.7 Å². The molecule has 0 saturated heterocycles. The fourth-order valence-electron chi connectivity index (χ4n) is 2.74. The van der Waals surface area contributed by atoms with Gasteiger partial charge in [-0.15, -0.1) is 0 Å². The molecule has 0 bridgehead atoms. The minimum atomic E-state index is -0.747. The zero-order valence-corrected chi connectivity index (χ0v) is 13.0. The number of nitrogens with one attached hydrogen (secondary N) is 1. The zero-order valence-electron chi connectivity index (χ0n) is 13.0. The van der Waals surface area contributed by atoms with Crippen LogP contribution in [-0.2, 0) is 9.53 Å². The normalized spacial score (nSPS) is 16.0. The van der Waals surface area contributed by atoms with Gasteiger partial charge >= 0.3 is 0 Å². The molecule has 0 spiro atoms. The Morgan fingerprint density at radius 2 is 1.74 bits per heavy atom. The Morgan fingerprint density at radius 3 is 2.35 bits per heavy atom. The summed E-state index contributed by atoms with van der Waals surface area (Å²) >= 11 is 0. The van der Waals surface area contributed by atoms with E-state index in [1.165, 1.54) is 12.4 Å². The SMILES string of the molecule is COC1(C(=O)Nc2ncc(Oc3ccccc3)cn2)CCCC1. The molecule has 1 fully saturated rings. The highest BCUT2D eigenvalue weighted by atomic mass is 16.5. The summed E-state index contributed by atoms with van der Waals surface area (Å²) in [4.78, 5) is 20.7. The minimum Gasteiger partial charge on any atom is -0.454 e. The molecule has 0 unspecified atom stereocenters. The van der Waals surface area contributed by atoms with E-state index in [4.69, 9.17) is 9.47 Å². The van der Waals surface area contributed by atoms with Crippen LogP contribution in [0.3, 0.4) is 0 Å². The van der Waals surface area contributed by atoms with Crippen molar-refractivity contribution >= 4 is 11.9 Å². The Bertz CT molecular complexity index is 653. The molecule has 6 heteroatoms. The third kappa shape index (κ3) is 3.48. The van der Waals surface area contributed by atoms with Gasteiger partial charge < -0.3 is 9.47 Å². The molecule has 6 nitrogen and oxygen atoms in total. The number of carbonyl (C=O) groups is 1. The average molecular weight is 313 g/mol. The molecule has 1 heterocycles. The van der Waals surface area contributed by atoms with Crippen LogP contribution >= 0.6 is 0 Å². The number of aromatic nitrogens is 2. The number of hydrogen-bond acceptors (Lipinski definition) is 5. The number of amides is 1. The summed E-state index contributed by atoms with van der Waals surface area (Å²) in [6, 6.07) is 9.38. The Kier molecular flexibility index (Phi) is 4.52. The number of carbonyl (C=O) groups excluding carboxylic acids is 1. The molecule has 120 valence electrons. The van der Waals surface area contributed by atoms with Crippen LogP contribution in [0.25, 0.3) is 0 Å². The Balaban J connectivity index is 1.64. The maximum absolute atomic E-state index is 12.4. The molecule has 1 aromatic heterocycles. The second-order valence-corrected chi connectivity index (χ2v) is 5.52. The second kappa shape index (κ2) is 6.75. The van der Waals surface area contributed by atoms with E-state index in [-0.39, 0.29) is 11.9 Å². The lowest BCUT2D eigenvalue weighted by molar-refractivity contribution is -0.137. The van der Waals surface area contributed by atoms with Crippen molar-refractivity contribution in [2.45, 2.75) is 31.3 Å². The summed E-state index contributed by atoms with van der Waals surface area (Å²) in [5.41, 5.74) is -0.747. The van der Waals surface area contributed by atoms with E-state index in [9.17, 15) is 4.79 Å². The summed E-state index contributed by atoms with van der Waals surface area (Å²) in [6.45, 7) is 0. The van der Waals surface area contributed by atoms with Crippen molar-refractivity contribution in [3.05, 3.63) is 42.7 Å². The maximum Gasteiger partial charge on any atom is 0.258 e. The first-order valence-corrected chi connectivity index (χ1v) is 7.63. The Hall–Kier alpha value is -2.47. The van der Waals surface area contributed by atoms with Crippen LogP contribution in [0, 0.1) is 0 Å². The molecule has 1 saturated carbocycles. The lowest BCUT2D eigenvalue weighted by Gasteiger charge is -2.25. The predicted octanol–water partition coefficient (Wildman–Crippen LogP) is 3.17. The highest BCUT2D eigenvalue weighted by Crippen LogP contribution is 2.33. The van der Waals surface area contributed by atoms with E-state index in [1.54, 1.807) is 7.11 Å². The van der Waals surface area contributed by atoms with Gasteiger partial charge in [0.05, 0.1) is 12.4 Å². The number of anilines is 1. The Labute approximate surface area is 134 Å². The quantitative estimate of drug-likeness (QED) is 0.918. The summed E-state index contributed by atoms with van der Waals surface area (Å²) in [5, 5.41) is 2.72. The molecule has 1 aromatic carbocycles. The van der Waals surface area contributed by atoms with Gasteiger partial charge in [0.1, 0.15) is 11.4 Å². The van der Waals surface area contributed by atoms with Crippen molar-refractivity contribution in [3.63, 3.8) is 0 Å². The Morgan fingerprint density at radius 1 is 1.09 bits per heavy atom. The highest BCUT2D eigenvalue weighted by molar-refractivity contribution is 5.96. The van der Waals surface area contributed by atoms with Crippen molar-refractivity contribution < 1.29 is 14.3 Å². The third-order valence-electron chi connectivity index (χ3n) is 4.05. The van der Waals surface area contributed by atoms with E-state index in [0.717, 1.165) is 25.7 Å². The van der Waals surface area contributed by atoms with E-state index in [2.05, 4.69) is 15.3 Å². The molecular weight excluding hydrogens is 294 g/mol. The van der Waals surface area contributed by atoms with Gasteiger partial charge in [-0.2, -0.15) is 0 Å². The first-order chi connectivity index (χ1) is 11.2. The molecule has 1 aliphatic carbocycles. The van der Waals surface area contributed by atoms with Crippen LogP contribution in [0.4, 0.5) is 5.95 Å². The second-order valence-electron chi connectivity index (χ2n) is 5.52. The summed E-state index contributed by atoms with van der Waals surface area (Å²) in [6.07, 6.45) is 6.50. The van der Waals surface area contributed by atoms with E-state index in [0.29, 0.717) is 11.5 Å². The molecule has 3 rings (SSSR count). The predicted molar refractivity (Wildman–Crippen MR) is 85.4 cm³/mol. The van der Waals surface area contributed by atoms with Crippen LogP contribution in [0.15, 0.2) is 42.7 Å². The number of rotatable bonds is 5. The van der Waals surface area contributed by atoms with Gasteiger partial charge in [0.2, 0.25) is 5.95 Å². The molecule has 1 amide bonds. The van der Waals surface area contributed by atoms with E-state index < -0.39 is 5.60 Å². The average Bonchev–Trinajstić information content (AvgIpc) is 3.08. The van der Waals surface area contributed by atoms with Gasteiger partial charge in [-0.3, -0.25) is 10.1 Å². The van der Waals surface area contributed by atoms with Crippen LogP contribution in [0.2, 0.25) is 0 Å². The van der Waals surface area contributed by atoms with Crippen LogP contribution < -0.4 is 10.1 Å². The first-order valence-electron chi connectivity index (χ1n) is 7.63. The zero-order chi connectivity index (χ0) is 16.1. The third-order valence-corrected chi connectivity index (χ3v) is 4.05. The van der Waals surface area contributed by atoms with Crippen molar-refractivity contribution in [3.8, 4) is 11.5 Å². The van der Waals surface area contributed by atoms with Gasteiger partial charge in [0.15, 0.2) is 5.75 Å². The summed E-state index contributed by atoms with van der Waals surface area (Å²) in [7, 11) is 1.57. The van der Waals surface area contributed by atoms with Gasteiger partial charge in [-0.1, -0.05) is 18.2 Å². The van der Waals surface area contributed by atoms with Crippen LogP contribution in [0.5, 0.6) is 11.5 Å². The summed E-state index contributed by atoms with van der Waals surface area (Å²) in [5.74, 6) is 1.28. The molecular formula is C17H19N3O3. The summed E-state index contributed by atoms with van der Waals surface area (Å²) < 4.78 is 11.1. The number of nitrogens with zero attached hydrogens (tertiary/aromatic N) is 2. The lowest BCUT2D eigenvalue weighted by atomic mass is 10.0. The largest absolute Gasteiger partial charge is 0.454 e. The molecule has 0 radical (unpaired) electrons. The monoisotopic (exact) mass is 313 g/mol. The van der Waals surface area contributed by atoms with Crippen LogP contribution in [-0.4, -0.2) is 28.6 Å². The lowest BCUT2D eigenvalue weighted by Crippen LogP contribution is -2.42. The number of hydrogen-bond donors (Lipinski definition) is 1. The smallest absolute Gasteiger partial charge is 0.258 e. The van der Waals surface area contributed by atoms with Crippen molar-refractivity contribution in [2.75, 3.05) is 12.4 Å². The topological polar surface area (TPSA) is 73.3 Å². The molecule has 1 aliphatic rings. The number of benzene rings is 1. The van der Waals surface area contributed by atoms with Gasteiger partial charge in [-0.05, 0) is 37.8 Å². The molecule has 23 heavy (non-hydrogen) atoms. The first kappa shape index (κ1) is 15.4.